The van der Waals surface area contributed by atoms with Gasteiger partial charge in [0.05, 0.1) is 18.4 Å². The van der Waals surface area contributed by atoms with Crippen LogP contribution < -0.4 is 16.6 Å². The van der Waals surface area contributed by atoms with Gasteiger partial charge in [0.25, 0.3) is 5.56 Å². The Morgan fingerprint density at radius 2 is 1.96 bits per heavy atom. The summed E-state index contributed by atoms with van der Waals surface area (Å²) in [6.45, 7) is 0.341. The maximum absolute atomic E-state index is 11.8. The molecule has 1 aromatic carbocycles. The van der Waals surface area contributed by atoms with Gasteiger partial charge in [0, 0.05) is 11.3 Å². The fourth-order valence-corrected chi connectivity index (χ4v) is 2.02. The third kappa shape index (κ3) is 3.25. The lowest BCUT2D eigenvalue weighted by atomic mass is 10.2. The van der Waals surface area contributed by atoms with Crippen LogP contribution in [0.25, 0.3) is 11.2 Å². The number of rotatable bonds is 4. The number of aromatic nitrogens is 4. The van der Waals surface area contributed by atoms with Crippen LogP contribution in [-0.4, -0.2) is 30.1 Å². The average molecular weight is 314 g/mol. The summed E-state index contributed by atoms with van der Waals surface area (Å²) in [5, 5.41) is 21.2. The van der Waals surface area contributed by atoms with E-state index in [1.54, 1.807) is 24.3 Å². The lowest BCUT2D eigenvalue weighted by Gasteiger charge is -2.08. The van der Waals surface area contributed by atoms with E-state index < -0.39 is 11.8 Å². The molecule has 0 saturated heterocycles. The zero-order valence-corrected chi connectivity index (χ0v) is 11.9. The van der Waals surface area contributed by atoms with Gasteiger partial charge in [-0.2, -0.15) is 4.98 Å². The normalized spacial score (nSPS) is 11.1. The van der Waals surface area contributed by atoms with E-state index in [0.29, 0.717) is 17.8 Å². The minimum atomic E-state index is -1.50. The Kier molecular flexibility index (Phi) is 3.87. The molecule has 0 spiro atoms. The summed E-state index contributed by atoms with van der Waals surface area (Å²) in [5.74, 6) is -0.00571. The number of nitrogens with zero attached hydrogens (tertiary/aromatic N) is 3. The zero-order valence-electron chi connectivity index (χ0n) is 11.9. The number of benzene rings is 1. The number of aliphatic hydroxyl groups excluding tert-OH is 1. The number of nitrogens with two attached hydrogens (primary N) is 1. The van der Waals surface area contributed by atoms with Crippen molar-refractivity contribution in [1.82, 2.24) is 19.9 Å². The first-order valence-corrected chi connectivity index (χ1v) is 6.74. The number of hydrogen-bond donors (Lipinski definition) is 5. The standard InChI is InChI=1S/C14H14N6O3/c15-14-19-11-10(12(21)20-14)18-9(6-17-11)5-16-8-3-1-7(2-4-8)13(22)23/h1-4,6,13,16,22-23H,5H2,(H3,15,17,19,20,21). The molecular weight excluding hydrogens is 300 g/mol. The van der Waals surface area contributed by atoms with E-state index >= 15 is 0 Å². The first-order valence-electron chi connectivity index (χ1n) is 6.74. The molecule has 0 aliphatic rings. The summed E-state index contributed by atoms with van der Waals surface area (Å²) >= 11 is 0. The SMILES string of the molecule is Nc1nc2ncc(CNc3ccc(C(O)O)cc3)nc2c(=O)[nH]1. The first-order chi connectivity index (χ1) is 11.0. The molecule has 0 bridgehead atoms. The molecule has 0 fully saturated rings. The molecule has 9 heteroatoms. The third-order valence-electron chi connectivity index (χ3n) is 3.17. The van der Waals surface area contributed by atoms with Crippen molar-refractivity contribution < 1.29 is 10.2 Å². The summed E-state index contributed by atoms with van der Waals surface area (Å²) in [6, 6.07) is 6.60. The Morgan fingerprint density at radius 3 is 2.65 bits per heavy atom. The molecule has 118 valence electrons. The molecule has 0 unspecified atom stereocenters. The molecule has 9 nitrogen and oxygen atoms in total. The van der Waals surface area contributed by atoms with Gasteiger partial charge in [0.1, 0.15) is 0 Å². The zero-order chi connectivity index (χ0) is 16.4. The van der Waals surface area contributed by atoms with Crippen LogP contribution in [0.4, 0.5) is 11.6 Å². The molecule has 23 heavy (non-hydrogen) atoms. The summed E-state index contributed by atoms with van der Waals surface area (Å²) < 4.78 is 0. The minimum Gasteiger partial charge on any atom is -0.379 e. The second-order valence-corrected chi connectivity index (χ2v) is 4.83. The van der Waals surface area contributed by atoms with Crippen LogP contribution in [0, 0.1) is 0 Å². The largest absolute Gasteiger partial charge is 0.379 e. The highest BCUT2D eigenvalue weighted by molar-refractivity contribution is 5.69. The predicted octanol–water partition coefficient (Wildman–Crippen LogP) is -0.109. The number of hydrogen-bond acceptors (Lipinski definition) is 8. The van der Waals surface area contributed by atoms with Crippen molar-refractivity contribution in [1.29, 1.82) is 0 Å². The van der Waals surface area contributed by atoms with E-state index in [2.05, 4.69) is 25.3 Å². The lowest BCUT2D eigenvalue weighted by Crippen LogP contribution is -2.15. The maximum atomic E-state index is 11.8. The molecule has 0 aliphatic carbocycles. The lowest BCUT2D eigenvalue weighted by molar-refractivity contribution is -0.0424. The number of aliphatic hydroxyl groups is 2. The van der Waals surface area contributed by atoms with Gasteiger partial charge in [-0.05, 0) is 12.1 Å². The highest BCUT2D eigenvalue weighted by atomic mass is 16.5. The monoisotopic (exact) mass is 314 g/mol. The Morgan fingerprint density at radius 1 is 1.22 bits per heavy atom. The topological polar surface area (TPSA) is 150 Å². The van der Waals surface area contributed by atoms with E-state index in [-0.39, 0.29) is 17.1 Å². The molecular formula is C14H14N6O3. The average Bonchev–Trinajstić information content (AvgIpc) is 2.53. The summed E-state index contributed by atoms with van der Waals surface area (Å²) in [6.07, 6.45) is 0.00892. The van der Waals surface area contributed by atoms with Crippen LogP contribution in [0.1, 0.15) is 17.5 Å². The number of nitrogens with one attached hydrogen (secondary N) is 2. The van der Waals surface area contributed by atoms with Crippen LogP contribution in [0.3, 0.4) is 0 Å². The molecule has 0 aliphatic heterocycles. The van der Waals surface area contributed by atoms with Gasteiger partial charge in [0.15, 0.2) is 17.5 Å². The van der Waals surface area contributed by atoms with Crippen molar-refractivity contribution in [2.75, 3.05) is 11.1 Å². The molecule has 0 saturated carbocycles. The smallest absolute Gasteiger partial charge is 0.280 e. The molecule has 6 N–H and O–H groups in total. The number of H-pyrrole nitrogens is 1. The van der Waals surface area contributed by atoms with E-state index in [4.69, 9.17) is 15.9 Å². The second kappa shape index (κ2) is 5.99. The Labute approximate surface area is 129 Å². The Balaban J connectivity index is 1.78. The van der Waals surface area contributed by atoms with Crippen molar-refractivity contribution in [3.8, 4) is 0 Å². The van der Waals surface area contributed by atoms with Gasteiger partial charge >= 0.3 is 0 Å². The molecule has 2 aromatic heterocycles. The van der Waals surface area contributed by atoms with Crippen molar-refractivity contribution in [3.63, 3.8) is 0 Å². The number of nitrogen functional groups attached to an aromatic ring is 1. The highest BCUT2D eigenvalue weighted by Crippen LogP contribution is 2.15. The predicted molar refractivity (Wildman–Crippen MR) is 83.3 cm³/mol. The number of aromatic amines is 1. The highest BCUT2D eigenvalue weighted by Gasteiger charge is 2.07. The fraction of sp³-hybridized carbons (Fsp3) is 0.143. The first kappa shape index (κ1) is 14.9. The summed E-state index contributed by atoms with van der Waals surface area (Å²) in [4.78, 5) is 26.3. The van der Waals surface area contributed by atoms with Crippen LogP contribution in [0.5, 0.6) is 0 Å². The van der Waals surface area contributed by atoms with Crippen LogP contribution in [0.2, 0.25) is 0 Å². The Bertz CT molecular complexity index is 891. The van der Waals surface area contributed by atoms with Gasteiger partial charge in [-0.1, -0.05) is 12.1 Å². The van der Waals surface area contributed by atoms with Crippen LogP contribution in [-0.2, 0) is 6.54 Å². The van der Waals surface area contributed by atoms with E-state index in [9.17, 15) is 4.79 Å². The quantitative estimate of drug-likeness (QED) is 0.419. The second-order valence-electron chi connectivity index (χ2n) is 4.83. The summed E-state index contributed by atoms with van der Waals surface area (Å²) in [7, 11) is 0. The van der Waals surface area contributed by atoms with Crippen molar-refractivity contribution in [3.05, 3.63) is 52.1 Å². The van der Waals surface area contributed by atoms with Crippen molar-refractivity contribution in [2.45, 2.75) is 12.8 Å². The van der Waals surface area contributed by atoms with Crippen LogP contribution >= 0.6 is 0 Å². The fourth-order valence-electron chi connectivity index (χ4n) is 2.02. The van der Waals surface area contributed by atoms with Gasteiger partial charge < -0.3 is 21.3 Å². The van der Waals surface area contributed by atoms with Gasteiger partial charge in [0.2, 0.25) is 5.95 Å². The van der Waals surface area contributed by atoms with Crippen molar-refractivity contribution >= 4 is 22.8 Å². The number of anilines is 2. The summed E-state index contributed by atoms with van der Waals surface area (Å²) in [5.41, 5.74) is 7.04. The third-order valence-corrected chi connectivity index (χ3v) is 3.17. The molecule has 0 amide bonds. The van der Waals surface area contributed by atoms with E-state index in [1.807, 2.05) is 0 Å². The molecule has 0 radical (unpaired) electrons. The molecule has 3 aromatic rings. The molecule has 3 rings (SSSR count). The maximum Gasteiger partial charge on any atom is 0.280 e. The molecule has 2 heterocycles. The van der Waals surface area contributed by atoms with E-state index in [1.165, 1.54) is 6.20 Å². The van der Waals surface area contributed by atoms with Crippen molar-refractivity contribution in [2.24, 2.45) is 0 Å². The minimum absolute atomic E-state index is 0.00571. The molecule has 0 atom stereocenters. The van der Waals surface area contributed by atoms with E-state index in [0.717, 1.165) is 5.69 Å². The van der Waals surface area contributed by atoms with Crippen LogP contribution in [0.15, 0.2) is 35.3 Å². The Hall–Kier alpha value is -3.04. The van der Waals surface area contributed by atoms with Gasteiger partial charge in [-0.25, -0.2) is 9.97 Å². The van der Waals surface area contributed by atoms with Gasteiger partial charge in [-0.3, -0.25) is 9.78 Å². The van der Waals surface area contributed by atoms with Gasteiger partial charge in [-0.15, -0.1) is 0 Å². The number of fused-ring (bicyclic) bond motifs is 1.